The van der Waals surface area contributed by atoms with Crippen molar-refractivity contribution >= 4 is 35.5 Å². The smallest absolute Gasteiger partial charge is 0.306 e. The summed E-state index contributed by atoms with van der Waals surface area (Å²) in [4.78, 5) is 76.1. The first-order valence-corrected chi connectivity index (χ1v) is 17.3. The largest absolute Gasteiger partial charge is 0.481 e. The Morgan fingerprint density at radius 2 is 0.918 bits per heavy atom. The average molecular weight is 702 g/mol. The van der Waals surface area contributed by atoms with E-state index in [4.69, 9.17) is 5.11 Å². The molecule has 0 aliphatic rings. The van der Waals surface area contributed by atoms with Crippen molar-refractivity contribution in [2.24, 2.45) is 29.6 Å². The van der Waals surface area contributed by atoms with E-state index in [2.05, 4.69) is 26.6 Å². The van der Waals surface area contributed by atoms with Gasteiger partial charge in [0.25, 0.3) is 0 Å². The van der Waals surface area contributed by atoms with Crippen LogP contribution in [-0.4, -0.2) is 105 Å². The molecule has 0 saturated carbocycles. The number of carbonyl (C=O) groups is 6. The van der Waals surface area contributed by atoms with Gasteiger partial charge in [0.2, 0.25) is 29.5 Å². The lowest BCUT2D eigenvalue weighted by molar-refractivity contribution is -0.140. The zero-order valence-corrected chi connectivity index (χ0v) is 30.9. The molecular weight excluding hydrogens is 638 g/mol. The molecule has 0 unspecified atom stereocenters. The SMILES string of the molecule is CC(C)CC(=O)N[C@@H](C(=O)N[C@@H](C(=O)N[C@H](CC(C)C)[C@@H](O)CC(=O)N[C@@H](CO)C(=O)N[C@@H](CC(C)C)[C@H](O)CC(=O)O)C(C)C)C(C)C. The van der Waals surface area contributed by atoms with Crippen LogP contribution in [0.15, 0.2) is 0 Å². The number of hydrogen-bond donors (Lipinski definition) is 9. The maximum absolute atomic E-state index is 13.5. The molecule has 5 amide bonds. The topological polar surface area (TPSA) is 243 Å². The Kier molecular flexibility index (Phi) is 20.9. The van der Waals surface area contributed by atoms with Crippen LogP contribution in [0.5, 0.6) is 0 Å². The summed E-state index contributed by atoms with van der Waals surface area (Å²) in [6, 6.07) is -5.23. The first kappa shape index (κ1) is 45.7. The molecule has 15 heteroatoms. The first-order valence-electron chi connectivity index (χ1n) is 17.3. The highest BCUT2D eigenvalue weighted by Crippen LogP contribution is 2.15. The molecule has 0 aromatic heterocycles. The van der Waals surface area contributed by atoms with Crippen molar-refractivity contribution in [1.82, 2.24) is 26.6 Å². The lowest BCUT2D eigenvalue weighted by atomic mass is 9.95. The second kappa shape index (κ2) is 22.4. The molecule has 0 aromatic rings. The van der Waals surface area contributed by atoms with Gasteiger partial charge in [-0.25, -0.2) is 0 Å². The summed E-state index contributed by atoms with van der Waals surface area (Å²) in [5.41, 5.74) is 0. The van der Waals surface area contributed by atoms with Crippen LogP contribution in [0.25, 0.3) is 0 Å². The maximum Gasteiger partial charge on any atom is 0.306 e. The number of carbonyl (C=O) groups excluding carboxylic acids is 5. The normalized spacial score (nSPS) is 16.0. The Bertz CT molecular complexity index is 1080. The Hall–Kier alpha value is -3.30. The number of aliphatic hydroxyl groups excluding tert-OH is 3. The van der Waals surface area contributed by atoms with E-state index in [0.717, 1.165) is 0 Å². The van der Waals surface area contributed by atoms with Crippen molar-refractivity contribution in [3.63, 3.8) is 0 Å². The van der Waals surface area contributed by atoms with E-state index in [9.17, 15) is 44.1 Å². The van der Waals surface area contributed by atoms with Crippen molar-refractivity contribution in [2.75, 3.05) is 6.61 Å². The molecule has 0 heterocycles. The number of amides is 5. The molecule has 49 heavy (non-hydrogen) atoms. The van der Waals surface area contributed by atoms with E-state index in [1.165, 1.54) is 0 Å². The van der Waals surface area contributed by atoms with Gasteiger partial charge in [-0.2, -0.15) is 0 Å². The molecule has 0 aromatic carbocycles. The fourth-order valence-electron chi connectivity index (χ4n) is 5.21. The molecule has 0 aliphatic heterocycles. The molecule has 0 aliphatic carbocycles. The van der Waals surface area contributed by atoms with Crippen LogP contribution in [-0.2, 0) is 28.8 Å². The molecule has 9 N–H and O–H groups in total. The van der Waals surface area contributed by atoms with Gasteiger partial charge in [0, 0.05) is 6.42 Å². The van der Waals surface area contributed by atoms with E-state index < -0.39 is 91.5 Å². The third kappa shape index (κ3) is 18.3. The number of nitrogens with one attached hydrogen (secondary N) is 5. The second-order valence-electron chi connectivity index (χ2n) is 14.8. The van der Waals surface area contributed by atoms with Crippen molar-refractivity contribution in [3.05, 3.63) is 0 Å². The zero-order chi connectivity index (χ0) is 38.2. The molecule has 7 atom stereocenters. The van der Waals surface area contributed by atoms with Gasteiger partial charge >= 0.3 is 5.97 Å². The summed E-state index contributed by atoms with van der Waals surface area (Å²) < 4.78 is 0. The van der Waals surface area contributed by atoms with E-state index in [-0.39, 0.29) is 54.8 Å². The number of carboxylic acids is 1. The van der Waals surface area contributed by atoms with Crippen LogP contribution in [0.4, 0.5) is 0 Å². The number of hydrogen-bond acceptors (Lipinski definition) is 9. The van der Waals surface area contributed by atoms with E-state index in [1.807, 2.05) is 41.5 Å². The van der Waals surface area contributed by atoms with Crippen LogP contribution in [0.3, 0.4) is 0 Å². The molecule has 284 valence electrons. The molecule has 15 nitrogen and oxygen atoms in total. The predicted molar refractivity (Wildman–Crippen MR) is 184 cm³/mol. The van der Waals surface area contributed by atoms with Gasteiger partial charge in [-0.1, -0.05) is 69.2 Å². The molecule has 0 fully saturated rings. The summed E-state index contributed by atoms with van der Waals surface area (Å²) in [5.74, 6) is -4.89. The summed E-state index contributed by atoms with van der Waals surface area (Å²) in [6.45, 7) is 17.4. The van der Waals surface area contributed by atoms with Crippen LogP contribution in [0, 0.1) is 29.6 Å². The van der Waals surface area contributed by atoms with Gasteiger partial charge in [-0.05, 0) is 42.4 Å². The van der Waals surface area contributed by atoms with E-state index in [1.54, 1.807) is 27.7 Å². The quantitative estimate of drug-likeness (QED) is 0.0712. The zero-order valence-electron chi connectivity index (χ0n) is 30.9. The van der Waals surface area contributed by atoms with Crippen LogP contribution >= 0.6 is 0 Å². The second-order valence-corrected chi connectivity index (χ2v) is 14.8. The number of aliphatic carboxylic acids is 1. The molecule has 0 rings (SSSR count). The summed E-state index contributed by atoms with van der Waals surface area (Å²) in [7, 11) is 0. The van der Waals surface area contributed by atoms with Crippen molar-refractivity contribution in [2.45, 2.75) is 144 Å². The van der Waals surface area contributed by atoms with Crippen LogP contribution in [0.1, 0.15) is 101 Å². The highest BCUT2D eigenvalue weighted by molar-refractivity contribution is 5.92. The van der Waals surface area contributed by atoms with E-state index >= 15 is 0 Å². The highest BCUT2D eigenvalue weighted by atomic mass is 16.4. The van der Waals surface area contributed by atoms with Crippen LogP contribution in [0.2, 0.25) is 0 Å². The highest BCUT2D eigenvalue weighted by Gasteiger charge is 2.34. The minimum atomic E-state index is -1.46. The Morgan fingerprint density at radius 1 is 0.510 bits per heavy atom. The molecule has 0 spiro atoms. The Balaban J connectivity index is 5.72. The third-order valence-electron chi connectivity index (χ3n) is 7.75. The average Bonchev–Trinajstić information content (AvgIpc) is 2.94. The first-order chi connectivity index (χ1) is 22.6. The van der Waals surface area contributed by atoms with Gasteiger partial charge in [0.05, 0.1) is 43.7 Å². The molecular formula is C34H63N5O10. The summed E-state index contributed by atoms with van der Waals surface area (Å²) in [6.07, 6.45) is -3.23. The van der Waals surface area contributed by atoms with Crippen molar-refractivity contribution < 1.29 is 49.2 Å². The minimum Gasteiger partial charge on any atom is -0.481 e. The van der Waals surface area contributed by atoms with E-state index in [0.29, 0.717) is 0 Å². The third-order valence-corrected chi connectivity index (χ3v) is 7.75. The fourth-order valence-corrected chi connectivity index (χ4v) is 5.21. The van der Waals surface area contributed by atoms with Gasteiger partial charge in [-0.3, -0.25) is 28.8 Å². The summed E-state index contributed by atoms with van der Waals surface area (Å²) >= 11 is 0. The number of carboxylic acid groups (broad SMARTS) is 1. The Labute approximate surface area is 291 Å². The van der Waals surface area contributed by atoms with Gasteiger partial charge in [-0.15, -0.1) is 0 Å². The molecule has 0 radical (unpaired) electrons. The molecule has 0 bridgehead atoms. The predicted octanol–water partition coefficient (Wildman–Crippen LogP) is 0.440. The Morgan fingerprint density at radius 3 is 1.33 bits per heavy atom. The van der Waals surface area contributed by atoms with Crippen molar-refractivity contribution in [1.29, 1.82) is 0 Å². The standard InChI is InChI=1S/C34H63N5O10/c1-17(2)11-22(37-33(48)31(21(9)10)39-34(49)30(20(7)8)38-27(43)13-19(5)6)25(41)14-28(44)35-24(16-40)32(47)36-23(12-18(3)4)26(42)15-29(45)46/h17-26,30-31,40-42H,11-16H2,1-10H3,(H,35,44)(H,36,47)(H,37,48)(H,38,43)(H,39,49)(H,45,46)/t22-,23+,24+,25+,26-,30-,31-/m1/s1. The minimum absolute atomic E-state index is 0.0185. The lowest BCUT2D eigenvalue weighted by Crippen LogP contribution is -2.59. The van der Waals surface area contributed by atoms with Crippen LogP contribution < -0.4 is 26.6 Å². The monoisotopic (exact) mass is 701 g/mol. The maximum atomic E-state index is 13.5. The summed E-state index contributed by atoms with van der Waals surface area (Å²) in [5, 5.41) is 53.4. The van der Waals surface area contributed by atoms with Gasteiger partial charge in [0.1, 0.15) is 18.1 Å². The molecule has 0 saturated heterocycles. The fraction of sp³-hybridized carbons (Fsp3) is 0.824. The lowest BCUT2D eigenvalue weighted by Gasteiger charge is -2.31. The van der Waals surface area contributed by atoms with Crippen molar-refractivity contribution in [3.8, 4) is 0 Å². The number of rotatable bonds is 23. The van der Waals surface area contributed by atoms with Gasteiger partial charge < -0.3 is 47.0 Å². The van der Waals surface area contributed by atoms with Gasteiger partial charge in [0.15, 0.2) is 0 Å². The number of aliphatic hydroxyl groups is 3.